The Morgan fingerprint density at radius 3 is 2.62 bits per heavy atom. The Kier molecular flexibility index (Phi) is 4.93. The lowest BCUT2D eigenvalue weighted by atomic mass is 9.95. The molecule has 0 saturated carbocycles. The molecule has 2 unspecified atom stereocenters. The van der Waals surface area contributed by atoms with Crippen LogP contribution < -0.4 is 4.74 Å². The zero-order valence-corrected chi connectivity index (χ0v) is 17.4. The van der Waals surface area contributed by atoms with Gasteiger partial charge in [0.1, 0.15) is 17.6 Å². The number of aliphatic hydroxyl groups is 1. The van der Waals surface area contributed by atoms with Crippen LogP contribution in [0.4, 0.5) is 0 Å². The van der Waals surface area contributed by atoms with Crippen LogP contribution >= 0.6 is 0 Å². The number of aromatic nitrogens is 2. The van der Waals surface area contributed by atoms with Crippen LogP contribution in [0.15, 0.2) is 72.8 Å². The predicted octanol–water partition coefficient (Wildman–Crippen LogP) is 3.42. The molecule has 2 aromatic heterocycles. The minimum Gasteiger partial charge on any atom is -0.507 e. The van der Waals surface area contributed by atoms with E-state index in [9.17, 15) is 14.7 Å². The second-order valence-electron chi connectivity index (χ2n) is 8.03. The molecule has 5 rings (SSSR count). The topological polar surface area (TPSA) is 92.6 Å². The molecule has 4 heterocycles. The smallest absolute Gasteiger partial charge is 0.295 e. The molecule has 32 heavy (non-hydrogen) atoms. The van der Waals surface area contributed by atoms with Crippen molar-refractivity contribution in [1.29, 1.82) is 0 Å². The summed E-state index contributed by atoms with van der Waals surface area (Å²) >= 11 is 0. The Morgan fingerprint density at radius 1 is 1.12 bits per heavy atom. The largest absolute Gasteiger partial charge is 0.507 e. The molecule has 7 nitrogen and oxygen atoms in total. The lowest BCUT2D eigenvalue weighted by molar-refractivity contribution is -0.140. The minimum absolute atomic E-state index is 0.0544. The first-order valence-corrected chi connectivity index (χ1v) is 10.4. The Morgan fingerprint density at radius 2 is 1.91 bits per heavy atom. The Balaban J connectivity index is 1.62. The number of Topliss-reactive ketones (excluding diaryl/α,β-unsaturated/α-hetero) is 1. The fraction of sp³-hybridized carbons (Fsp3) is 0.200. The van der Waals surface area contributed by atoms with E-state index in [0.29, 0.717) is 11.1 Å². The Labute approximate surface area is 185 Å². The van der Waals surface area contributed by atoms with Gasteiger partial charge < -0.3 is 14.7 Å². The van der Waals surface area contributed by atoms with Crippen molar-refractivity contribution in [1.82, 2.24) is 14.9 Å². The molecule has 0 bridgehead atoms. The summed E-state index contributed by atoms with van der Waals surface area (Å²) in [7, 11) is 0. The van der Waals surface area contributed by atoms with Crippen LogP contribution in [0.1, 0.15) is 35.2 Å². The maximum absolute atomic E-state index is 13.1. The van der Waals surface area contributed by atoms with Crippen LogP contribution in [-0.2, 0) is 22.6 Å². The second-order valence-corrected chi connectivity index (χ2v) is 8.03. The molecular weight excluding hydrogens is 406 g/mol. The van der Waals surface area contributed by atoms with Crippen LogP contribution in [0.5, 0.6) is 5.75 Å². The van der Waals surface area contributed by atoms with Crippen LogP contribution in [0, 0.1) is 0 Å². The normalized spacial score (nSPS) is 21.5. The van der Waals surface area contributed by atoms with Crippen LogP contribution in [0.3, 0.4) is 0 Å². The van der Waals surface area contributed by atoms with Crippen molar-refractivity contribution in [2.75, 3.05) is 0 Å². The first kappa shape index (κ1) is 19.9. The summed E-state index contributed by atoms with van der Waals surface area (Å²) in [5.41, 5.74) is 2.93. The first-order valence-electron chi connectivity index (χ1n) is 10.4. The number of hydrogen-bond acceptors (Lipinski definition) is 6. The number of likely N-dealkylation sites (tertiary alicyclic amines) is 1. The molecule has 0 radical (unpaired) electrons. The zero-order valence-electron chi connectivity index (χ0n) is 17.4. The standard InChI is InChI=1S/C25H21N3O4/c1-15-10-19-11-17(6-7-20(19)32-15)23(29)21-22(18-5-3-9-27-13-18)28(25(31)24(21)30)14-16-4-2-8-26-12-16/h2-9,11-13,15,22,29H,10,14H2,1H3. The molecular formula is C25H21N3O4. The fourth-order valence-corrected chi connectivity index (χ4v) is 4.34. The van der Waals surface area contributed by atoms with E-state index < -0.39 is 17.7 Å². The highest BCUT2D eigenvalue weighted by molar-refractivity contribution is 6.46. The Bertz CT molecular complexity index is 1220. The average molecular weight is 427 g/mol. The van der Waals surface area contributed by atoms with Gasteiger partial charge in [0.2, 0.25) is 0 Å². The van der Waals surface area contributed by atoms with E-state index in [-0.39, 0.29) is 24.0 Å². The minimum atomic E-state index is -0.757. The van der Waals surface area contributed by atoms with Gasteiger partial charge in [-0.05, 0) is 53.9 Å². The van der Waals surface area contributed by atoms with Gasteiger partial charge in [0.15, 0.2) is 0 Å². The average Bonchev–Trinajstić information content (AvgIpc) is 3.31. The number of ether oxygens (including phenoxy) is 1. The summed E-state index contributed by atoms with van der Waals surface area (Å²) in [6.07, 6.45) is 7.31. The highest BCUT2D eigenvalue weighted by Gasteiger charge is 2.46. The van der Waals surface area contributed by atoms with Crippen molar-refractivity contribution >= 4 is 17.4 Å². The molecule has 1 saturated heterocycles. The molecule has 7 heteroatoms. The van der Waals surface area contributed by atoms with Gasteiger partial charge in [-0.2, -0.15) is 0 Å². The van der Waals surface area contributed by atoms with Crippen molar-refractivity contribution in [2.45, 2.75) is 32.0 Å². The number of aliphatic hydroxyl groups excluding tert-OH is 1. The number of hydrogen-bond donors (Lipinski definition) is 1. The SMILES string of the molecule is CC1Cc2cc(C(O)=C3C(=O)C(=O)N(Cc4cccnc4)C3c3cccnc3)ccc2O1. The summed E-state index contributed by atoms with van der Waals surface area (Å²) in [6, 6.07) is 11.7. The molecule has 2 aliphatic rings. The maximum Gasteiger partial charge on any atom is 0.295 e. The van der Waals surface area contributed by atoms with Crippen molar-refractivity contribution in [3.63, 3.8) is 0 Å². The molecule has 0 aliphatic carbocycles. The van der Waals surface area contributed by atoms with Gasteiger partial charge in [-0.25, -0.2) is 0 Å². The Hall–Kier alpha value is -4.00. The van der Waals surface area contributed by atoms with Gasteiger partial charge in [-0.1, -0.05) is 12.1 Å². The third kappa shape index (κ3) is 3.41. The van der Waals surface area contributed by atoms with Crippen molar-refractivity contribution < 1.29 is 19.4 Å². The number of pyridine rings is 2. The van der Waals surface area contributed by atoms with Crippen LogP contribution in [0.2, 0.25) is 0 Å². The number of benzene rings is 1. The van der Waals surface area contributed by atoms with Gasteiger partial charge in [-0.15, -0.1) is 0 Å². The number of fused-ring (bicyclic) bond motifs is 1. The van der Waals surface area contributed by atoms with Crippen molar-refractivity contribution in [3.05, 3.63) is 95.1 Å². The van der Waals surface area contributed by atoms with Gasteiger partial charge >= 0.3 is 0 Å². The van der Waals surface area contributed by atoms with Gasteiger partial charge in [-0.3, -0.25) is 19.6 Å². The van der Waals surface area contributed by atoms with E-state index >= 15 is 0 Å². The van der Waals surface area contributed by atoms with E-state index in [4.69, 9.17) is 4.74 Å². The molecule has 3 aromatic rings. The number of ketones is 1. The number of carbonyl (C=O) groups excluding carboxylic acids is 2. The molecule has 160 valence electrons. The molecule has 1 fully saturated rings. The summed E-state index contributed by atoms with van der Waals surface area (Å²) in [4.78, 5) is 35.9. The highest BCUT2D eigenvalue weighted by Crippen LogP contribution is 2.41. The monoisotopic (exact) mass is 427 g/mol. The van der Waals surface area contributed by atoms with Gasteiger partial charge in [0.25, 0.3) is 11.7 Å². The summed E-state index contributed by atoms with van der Waals surface area (Å²) in [5.74, 6) is -0.809. The molecule has 0 spiro atoms. The number of carbonyl (C=O) groups is 2. The third-order valence-electron chi connectivity index (χ3n) is 5.79. The molecule has 1 aromatic carbocycles. The quantitative estimate of drug-likeness (QED) is 0.390. The summed E-state index contributed by atoms with van der Waals surface area (Å²) < 4.78 is 5.74. The second kappa shape index (κ2) is 7.92. The van der Waals surface area contributed by atoms with Crippen molar-refractivity contribution in [2.24, 2.45) is 0 Å². The van der Waals surface area contributed by atoms with Gasteiger partial charge in [0.05, 0.1) is 11.6 Å². The van der Waals surface area contributed by atoms with Gasteiger partial charge in [0, 0.05) is 43.3 Å². The van der Waals surface area contributed by atoms with E-state index in [1.807, 2.05) is 19.1 Å². The highest BCUT2D eigenvalue weighted by atomic mass is 16.5. The molecule has 2 atom stereocenters. The van der Waals surface area contributed by atoms with Crippen molar-refractivity contribution in [3.8, 4) is 5.75 Å². The number of rotatable bonds is 4. The molecule has 2 aliphatic heterocycles. The lowest BCUT2D eigenvalue weighted by Gasteiger charge is -2.25. The van der Waals surface area contributed by atoms with Crippen LogP contribution in [-0.4, -0.2) is 37.8 Å². The zero-order chi connectivity index (χ0) is 22.2. The fourth-order valence-electron chi connectivity index (χ4n) is 4.34. The summed E-state index contributed by atoms with van der Waals surface area (Å²) in [5, 5.41) is 11.2. The van der Waals surface area contributed by atoms with E-state index in [2.05, 4.69) is 9.97 Å². The van der Waals surface area contributed by atoms with Crippen LogP contribution in [0.25, 0.3) is 5.76 Å². The third-order valence-corrected chi connectivity index (χ3v) is 5.79. The maximum atomic E-state index is 13.1. The van der Waals surface area contributed by atoms with E-state index in [1.165, 1.54) is 4.90 Å². The number of amides is 1. The van der Waals surface area contributed by atoms with E-state index in [1.54, 1.807) is 55.1 Å². The molecule has 1 N–H and O–H groups in total. The molecule has 1 amide bonds. The predicted molar refractivity (Wildman–Crippen MR) is 117 cm³/mol. The van der Waals surface area contributed by atoms with E-state index in [0.717, 1.165) is 23.3 Å². The number of nitrogens with zero attached hydrogens (tertiary/aromatic N) is 3. The first-order chi connectivity index (χ1) is 15.5. The lowest BCUT2D eigenvalue weighted by Crippen LogP contribution is -2.29. The summed E-state index contributed by atoms with van der Waals surface area (Å²) in [6.45, 7) is 2.16.